The number of nitrogens with zero attached hydrogens (tertiary/aromatic N) is 8. The molecule has 21 nitrogen and oxygen atoms in total. The molecule has 0 spiro atoms. The maximum absolute atomic E-state index is 11.8. The number of aliphatic hydroxyl groups is 3. The van der Waals surface area contributed by atoms with Crippen LogP contribution in [0.4, 0.5) is 11.6 Å². The van der Waals surface area contributed by atoms with E-state index in [-0.39, 0.29) is 81.5 Å². The number of carbonyl (C=O) groups excluding carboxylic acids is 3. The standard InChI is InChI=1S/C17H20ClN5O7.C13H19N5O4.C2H.2CH4.Na.V/c1-7(24)27-5-10-12(28-8(2)25)13(29-9(3)26)16(30-10)23-15-11(22-17(23)18)14(19-4)20-6-21-15;1-3-7-17-8-11(14-2)15-5-16-12(8)18(7)13-10(21)9(20)6(4-19)22-13;1-2;;;;/h6,10,12-13,16H,5H2,1-4H3,(H,19,20,21);5-6,9-10,13,19-21H,3-4H2,1-2H3,(H,14,15,16);1H;2*1H4;;/q;;-1;;;+1;. The van der Waals surface area contributed by atoms with Crippen molar-refractivity contribution in [3.8, 4) is 6.42 Å². The van der Waals surface area contributed by atoms with Crippen molar-refractivity contribution in [3.63, 3.8) is 0 Å². The Bertz CT molecular complexity index is 1990. The minimum absolute atomic E-state index is 0. The van der Waals surface area contributed by atoms with E-state index in [2.05, 4.69) is 47.0 Å². The zero-order chi connectivity index (χ0) is 39.9. The van der Waals surface area contributed by atoms with E-state index in [1.54, 1.807) is 18.7 Å². The van der Waals surface area contributed by atoms with Crippen LogP contribution in [0.1, 0.15) is 60.8 Å². The van der Waals surface area contributed by atoms with Crippen molar-refractivity contribution in [2.75, 3.05) is 37.9 Å². The van der Waals surface area contributed by atoms with E-state index in [1.807, 2.05) is 6.92 Å². The van der Waals surface area contributed by atoms with Gasteiger partial charge in [-0.15, -0.1) is 0 Å². The maximum Gasteiger partial charge on any atom is 1.00 e. The summed E-state index contributed by atoms with van der Waals surface area (Å²) < 4.78 is 30.4. The number of aromatic nitrogens is 8. The van der Waals surface area contributed by atoms with E-state index in [0.717, 1.165) is 0 Å². The number of fused-ring (bicyclic) bond motifs is 2. The van der Waals surface area contributed by atoms with Gasteiger partial charge in [0.05, 0.1) is 6.61 Å². The van der Waals surface area contributed by atoms with Gasteiger partial charge >= 0.3 is 47.5 Å². The van der Waals surface area contributed by atoms with Gasteiger partial charge in [-0.3, -0.25) is 23.5 Å². The third kappa shape index (κ3) is 11.5. The third-order valence-corrected chi connectivity index (χ3v) is 8.41. The van der Waals surface area contributed by atoms with Crippen LogP contribution in [0.25, 0.3) is 22.3 Å². The number of aryl methyl sites for hydroxylation is 1. The van der Waals surface area contributed by atoms with Gasteiger partial charge in [-0.1, -0.05) is 21.8 Å². The molecule has 2 fully saturated rings. The first-order chi connectivity index (χ1) is 25.8. The fourth-order valence-corrected chi connectivity index (χ4v) is 6.20. The number of hydrogen-bond acceptors (Lipinski definition) is 19. The molecule has 2 saturated heterocycles. The molecule has 5 N–H and O–H groups in total. The van der Waals surface area contributed by atoms with Crippen molar-refractivity contribution >= 4 is 63.5 Å². The second kappa shape index (κ2) is 24.4. The Hall–Kier alpha value is -3.66. The van der Waals surface area contributed by atoms with Gasteiger partial charge in [-0.05, 0) is 11.6 Å². The molecule has 24 heteroatoms. The number of anilines is 2. The largest absolute Gasteiger partial charge is 1.00 e. The second-order valence-electron chi connectivity index (χ2n) is 11.5. The zero-order valence-corrected chi connectivity index (χ0v) is 35.6. The first kappa shape index (κ1) is 54.3. The summed E-state index contributed by atoms with van der Waals surface area (Å²) in [7, 11) is 3.40. The maximum atomic E-state index is 11.8. The molecule has 8 atom stereocenters. The Morgan fingerprint density at radius 1 is 0.828 bits per heavy atom. The average Bonchev–Trinajstić information content (AvgIpc) is 3.87. The van der Waals surface area contributed by atoms with Crippen LogP contribution in [-0.4, -0.2) is 136 Å². The van der Waals surface area contributed by atoms with E-state index in [1.165, 1.54) is 38.0 Å². The molecular formula is C34H48ClN10NaO11V. The van der Waals surface area contributed by atoms with Crippen LogP contribution in [0.2, 0.25) is 5.28 Å². The molecule has 4 aromatic heterocycles. The second-order valence-corrected chi connectivity index (χ2v) is 11.9. The third-order valence-electron chi connectivity index (χ3n) is 8.14. The number of ether oxygens (including phenoxy) is 5. The number of rotatable bonds is 10. The summed E-state index contributed by atoms with van der Waals surface area (Å²) in [5.74, 6) is -0.159. The quantitative estimate of drug-likeness (QED) is 0.0299. The van der Waals surface area contributed by atoms with Crippen molar-refractivity contribution in [2.45, 2.75) is 98.0 Å². The van der Waals surface area contributed by atoms with E-state index in [0.29, 0.717) is 46.2 Å². The van der Waals surface area contributed by atoms with Gasteiger partial charge < -0.3 is 62.5 Å². The van der Waals surface area contributed by atoms with Crippen LogP contribution >= 0.6 is 11.6 Å². The molecule has 0 amide bonds. The number of halogens is 1. The minimum Gasteiger partial charge on any atom is -0.697 e. The van der Waals surface area contributed by atoms with Crippen LogP contribution in [0.15, 0.2) is 12.7 Å². The zero-order valence-electron chi connectivity index (χ0n) is 31.5. The summed E-state index contributed by atoms with van der Waals surface area (Å²) in [5, 5.41) is 35.2. The summed E-state index contributed by atoms with van der Waals surface area (Å²) in [4.78, 5) is 60.1. The first-order valence-corrected chi connectivity index (χ1v) is 16.7. The molecule has 1 radical (unpaired) electrons. The molecule has 0 saturated carbocycles. The molecule has 2 aliphatic rings. The summed E-state index contributed by atoms with van der Waals surface area (Å²) in [6.07, 6.45) is 4.11. The van der Waals surface area contributed by atoms with Crippen LogP contribution in [0.3, 0.4) is 0 Å². The van der Waals surface area contributed by atoms with Crippen molar-refractivity contribution in [3.05, 3.63) is 30.2 Å². The van der Waals surface area contributed by atoms with Gasteiger partial charge in [0.2, 0.25) is 5.28 Å². The average molecular weight is 882 g/mol. The molecule has 313 valence electrons. The molecule has 0 bridgehead atoms. The Morgan fingerprint density at radius 2 is 1.33 bits per heavy atom. The molecule has 0 aromatic carbocycles. The number of carbonyl (C=O) groups is 3. The van der Waals surface area contributed by atoms with Crippen LogP contribution in [-0.2, 0) is 63.0 Å². The van der Waals surface area contributed by atoms with Crippen LogP contribution in [0.5, 0.6) is 0 Å². The van der Waals surface area contributed by atoms with Gasteiger partial charge in [0, 0.05) is 59.8 Å². The number of terminal acetylenes is 1. The van der Waals surface area contributed by atoms with E-state index < -0.39 is 67.0 Å². The van der Waals surface area contributed by atoms with Gasteiger partial charge in [0.1, 0.15) is 49.5 Å². The van der Waals surface area contributed by atoms with E-state index >= 15 is 0 Å². The predicted molar refractivity (Wildman–Crippen MR) is 200 cm³/mol. The Labute approximate surface area is 374 Å². The molecule has 0 aliphatic carbocycles. The van der Waals surface area contributed by atoms with Gasteiger partial charge in [0.25, 0.3) is 0 Å². The molecule has 2 aliphatic heterocycles. The predicted octanol–water partition coefficient (Wildman–Crippen LogP) is -1.63. The van der Waals surface area contributed by atoms with Crippen molar-refractivity contribution < 1.29 is 102 Å². The summed E-state index contributed by atoms with van der Waals surface area (Å²) in [6.45, 7) is 4.95. The van der Waals surface area contributed by atoms with E-state index in [4.69, 9.17) is 41.7 Å². The van der Waals surface area contributed by atoms with Crippen LogP contribution in [0, 0.1) is 12.8 Å². The summed E-state index contributed by atoms with van der Waals surface area (Å²) in [6, 6.07) is 0. The van der Waals surface area contributed by atoms with Crippen LogP contribution < -0.4 is 40.2 Å². The Morgan fingerprint density at radius 3 is 1.79 bits per heavy atom. The number of hydrogen-bond donors (Lipinski definition) is 5. The fourth-order valence-electron chi connectivity index (χ4n) is 5.94. The van der Waals surface area contributed by atoms with E-state index in [9.17, 15) is 29.7 Å². The Kier molecular flexibility index (Phi) is 22.9. The molecular weight excluding hydrogens is 834 g/mol. The first-order valence-electron chi connectivity index (χ1n) is 16.3. The van der Waals surface area contributed by atoms with Gasteiger partial charge in [-0.2, -0.15) is 0 Å². The smallest absolute Gasteiger partial charge is 0.697 e. The molecule has 6 heterocycles. The number of nitrogens with one attached hydrogen (secondary N) is 2. The van der Waals surface area contributed by atoms with Crippen molar-refractivity contribution in [1.29, 1.82) is 0 Å². The molecule has 6 rings (SSSR count). The topological polar surface area (TPSA) is 269 Å². The van der Waals surface area contributed by atoms with Crippen molar-refractivity contribution in [2.24, 2.45) is 0 Å². The fraction of sp³-hybridized carbons (Fsp3) is 0.559. The number of aliphatic hydroxyl groups excluding tert-OH is 3. The molecule has 8 unspecified atom stereocenters. The normalized spacial score (nSPS) is 22.8. The summed E-state index contributed by atoms with van der Waals surface area (Å²) >= 11 is 6.35. The summed E-state index contributed by atoms with van der Waals surface area (Å²) in [5.41, 5.74) is 1.74. The number of esters is 3. The monoisotopic (exact) mass is 881 g/mol. The molecule has 58 heavy (non-hydrogen) atoms. The Balaban J connectivity index is 0.00000104. The van der Waals surface area contributed by atoms with Crippen molar-refractivity contribution in [1.82, 2.24) is 39.0 Å². The van der Waals surface area contributed by atoms with Gasteiger partial charge in [-0.25, -0.2) is 29.9 Å². The SMILES string of the molecule is C.C.CCc1nc2c(NC)ncnc2n1C1OC(CO)C(O)C1O.CNc1ncnc2c1nc(Cl)n2C1OC(COC(C)=O)C(OC(C)=O)C1OC(C)=O.[C-]#C.[Na+].[V]. The molecule has 4 aromatic rings. The minimum atomic E-state index is -1.17. The number of imidazole rings is 2. The van der Waals surface area contributed by atoms with Gasteiger partial charge in [0.15, 0.2) is 58.6 Å².